The van der Waals surface area contributed by atoms with Crippen molar-refractivity contribution in [2.24, 2.45) is 0 Å². The van der Waals surface area contributed by atoms with Crippen LogP contribution in [-0.2, 0) is 6.54 Å². The Morgan fingerprint density at radius 2 is 1.89 bits per heavy atom. The van der Waals surface area contributed by atoms with Crippen molar-refractivity contribution in [3.8, 4) is 11.5 Å². The van der Waals surface area contributed by atoms with Crippen molar-refractivity contribution in [2.75, 3.05) is 25.6 Å². The highest BCUT2D eigenvalue weighted by molar-refractivity contribution is 5.89. The monoisotopic (exact) mass is 394 g/mol. The number of hydrogen-bond donors (Lipinski definition) is 1. The predicted octanol–water partition coefficient (Wildman–Crippen LogP) is 4.86. The molecule has 2 aromatic rings. The van der Waals surface area contributed by atoms with E-state index in [0.717, 1.165) is 5.56 Å². The van der Waals surface area contributed by atoms with Gasteiger partial charge in [-0.15, -0.1) is 6.58 Å². The topological polar surface area (TPSA) is 50.8 Å². The van der Waals surface area contributed by atoms with Gasteiger partial charge in [-0.2, -0.15) is 13.2 Å². The second kappa shape index (κ2) is 9.68. The Hall–Kier alpha value is -3.16. The lowest BCUT2D eigenvalue weighted by atomic mass is 10.2. The maximum atomic E-state index is 12.6. The third-order valence-corrected chi connectivity index (χ3v) is 3.66. The van der Waals surface area contributed by atoms with Crippen LogP contribution in [-0.4, -0.2) is 37.4 Å². The zero-order valence-electron chi connectivity index (χ0n) is 15.3. The lowest BCUT2D eigenvalue weighted by Gasteiger charge is -2.22. The fraction of sp³-hybridized carbons (Fsp3) is 0.250. The minimum atomic E-state index is -4.49. The number of hydrogen-bond acceptors (Lipinski definition) is 3. The van der Waals surface area contributed by atoms with E-state index in [-0.39, 0.29) is 17.2 Å². The van der Waals surface area contributed by atoms with Gasteiger partial charge in [-0.3, -0.25) is 0 Å². The quantitative estimate of drug-likeness (QED) is 0.651. The molecule has 0 radical (unpaired) electrons. The number of halogens is 3. The molecule has 28 heavy (non-hydrogen) atoms. The van der Waals surface area contributed by atoms with Crippen LogP contribution in [0.4, 0.5) is 23.7 Å². The molecule has 8 heteroatoms. The highest BCUT2D eigenvalue weighted by Gasteiger charge is 2.29. The van der Waals surface area contributed by atoms with Gasteiger partial charge in [0.15, 0.2) is 18.1 Å². The van der Waals surface area contributed by atoms with Crippen molar-refractivity contribution in [3.63, 3.8) is 0 Å². The van der Waals surface area contributed by atoms with E-state index >= 15 is 0 Å². The van der Waals surface area contributed by atoms with Crippen LogP contribution < -0.4 is 14.8 Å². The number of ether oxygens (including phenoxy) is 2. The van der Waals surface area contributed by atoms with Crippen molar-refractivity contribution in [3.05, 3.63) is 66.7 Å². The molecule has 0 unspecified atom stereocenters. The molecule has 0 saturated heterocycles. The zero-order chi connectivity index (χ0) is 20.6. The summed E-state index contributed by atoms with van der Waals surface area (Å²) in [5.74, 6) is 0.0189. The third-order valence-electron chi connectivity index (χ3n) is 3.66. The van der Waals surface area contributed by atoms with E-state index in [9.17, 15) is 18.0 Å². The summed E-state index contributed by atoms with van der Waals surface area (Å²) in [5.41, 5.74) is 1.22. The Balaban J connectivity index is 2.12. The zero-order valence-corrected chi connectivity index (χ0v) is 15.3. The molecule has 0 heterocycles. The lowest BCUT2D eigenvalue weighted by Crippen LogP contribution is -2.34. The normalized spacial score (nSPS) is 10.9. The highest BCUT2D eigenvalue weighted by atomic mass is 19.4. The van der Waals surface area contributed by atoms with E-state index in [1.807, 2.05) is 30.3 Å². The van der Waals surface area contributed by atoms with E-state index in [2.05, 4.69) is 11.9 Å². The van der Waals surface area contributed by atoms with Crippen molar-refractivity contribution < 1.29 is 27.4 Å². The van der Waals surface area contributed by atoms with Crippen LogP contribution in [0.15, 0.2) is 61.2 Å². The maximum Gasteiger partial charge on any atom is 0.422 e. The van der Waals surface area contributed by atoms with E-state index in [4.69, 9.17) is 9.47 Å². The van der Waals surface area contributed by atoms with E-state index in [1.54, 1.807) is 6.08 Å². The Kier molecular flexibility index (Phi) is 7.31. The summed E-state index contributed by atoms with van der Waals surface area (Å²) in [6.45, 7) is 2.84. The first-order chi connectivity index (χ1) is 13.3. The van der Waals surface area contributed by atoms with Gasteiger partial charge in [-0.25, -0.2) is 4.79 Å². The van der Waals surface area contributed by atoms with Gasteiger partial charge in [0, 0.05) is 24.8 Å². The van der Waals surface area contributed by atoms with Gasteiger partial charge in [-0.05, 0) is 17.7 Å². The number of methoxy groups -OCH3 is 1. The summed E-state index contributed by atoms with van der Waals surface area (Å²) in [6.07, 6.45) is -2.89. The molecular weight excluding hydrogens is 373 g/mol. The molecule has 1 N–H and O–H groups in total. The number of carbonyl (C=O) groups excluding carboxylic acids is 1. The first kappa shape index (κ1) is 21.1. The second-order valence-electron chi connectivity index (χ2n) is 5.85. The van der Waals surface area contributed by atoms with Gasteiger partial charge in [0.1, 0.15) is 0 Å². The maximum absolute atomic E-state index is 12.6. The van der Waals surface area contributed by atoms with E-state index in [1.165, 1.54) is 30.2 Å². The average Bonchev–Trinajstić information content (AvgIpc) is 2.66. The molecule has 150 valence electrons. The van der Waals surface area contributed by atoms with Crippen molar-refractivity contribution in [1.29, 1.82) is 0 Å². The largest absolute Gasteiger partial charge is 0.493 e. The molecule has 0 atom stereocenters. The summed E-state index contributed by atoms with van der Waals surface area (Å²) in [6, 6.07) is 13.2. The molecule has 2 amide bonds. The Morgan fingerprint density at radius 3 is 2.50 bits per heavy atom. The summed E-state index contributed by atoms with van der Waals surface area (Å²) >= 11 is 0. The molecule has 0 fully saturated rings. The molecular formula is C20H21F3N2O3. The van der Waals surface area contributed by atoms with E-state index in [0.29, 0.717) is 13.1 Å². The van der Waals surface area contributed by atoms with Gasteiger partial charge in [0.25, 0.3) is 0 Å². The molecule has 0 saturated carbocycles. The molecule has 0 aliphatic heterocycles. The number of alkyl halides is 3. The fourth-order valence-corrected chi connectivity index (χ4v) is 2.41. The Morgan fingerprint density at radius 1 is 1.18 bits per heavy atom. The van der Waals surface area contributed by atoms with Crippen LogP contribution in [0, 0.1) is 0 Å². The smallest absolute Gasteiger partial charge is 0.422 e. The van der Waals surface area contributed by atoms with Gasteiger partial charge < -0.3 is 19.7 Å². The van der Waals surface area contributed by atoms with Crippen LogP contribution in [0.2, 0.25) is 0 Å². The lowest BCUT2D eigenvalue weighted by molar-refractivity contribution is -0.153. The summed E-state index contributed by atoms with van der Waals surface area (Å²) in [4.78, 5) is 14.1. The number of urea groups is 1. The molecule has 0 aromatic heterocycles. The molecule has 2 rings (SSSR count). The Labute approximate surface area is 161 Å². The standard InChI is InChI=1S/C20H21F3N2O3/c1-3-11-25(13-15-7-5-4-6-8-15)19(26)24-16-9-10-17(27-2)18(12-16)28-14-20(21,22)23/h3-10,12H,1,11,13-14H2,2H3,(H,24,26). The van der Waals surface area contributed by atoms with Gasteiger partial charge in [-0.1, -0.05) is 36.4 Å². The van der Waals surface area contributed by atoms with Gasteiger partial charge in [0.05, 0.1) is 7.11 Å². The van der Waals surface area contributed by atoms with Crippen LogP contribution in [0.3, 0.4) is 0 Å². The molecule has 2 aromatic carbocycles. The SMILES string of the molecule is C=CCN(Cc1ccccc1)C(=O)Nc1ccc(OC)c(OCC(F)(F)F)c1. The number of nitrogens with zero attached hydrogens (tertiary/aromatic N) is 1. The number of anilines is 1. The first-order valence-corrected chi connectivity index (χ1v) is 8.40. The van der Waals surface area contributed by atoms with E-state index < -0.39 is 18.8 Å². The van der Waals surface area contributed by atoms with Crippen LogP contribution in [0.1, 0.15) is 5.56 Å². The highest BCUT2D eigenvalue weighted by Crippen LogP contribution is 2.31. The molecule has 0 aliphatic carbocycles. The number of amides is 2. The average molecular weight is 394 g/mol. The minimum Gasteiger partial charge on any atom is -0.493 e. The van der Waals surface area contributed by atoms with Gasteiger partial charge in [0.2, 0.25) is 0 Å². The molecule has 0 bridgehead atoms. The number of rotatable bonds is 8. The summed E-state index contributed by atoms with van der Waals surface area (Å²) < 4.78 is 47.1. The van der Waals surface area contributed by atoms with Crippen LogP contribution in [0.25, 0.3) is 0 Å². The van der Waals surface area contributed by atoms with Crippen LogP contribution in [0.5, 0.6) is 11.5 Å². The number of carbonyl (C=O) groups is 1. The molecule has 5 nitrogen and oxygen atoms in total. The summed E-state index contributed by atoms with van der Waals surface area (Å²) in [7, 11) is 1.32. The second-order valence-corrected chi connectivity index (χ2v) is 5.85. The Bertz CT molecular complexity index is 795. The number of benzene rings is 2. The molecule has 0 spiro atoms. The van der Waals surface area contributed by atoms with Crippen molar-refractivity contribution >= 4 is 11.7 Å². The molecule has 0 aliphatic rings. The van der Waals surface area contributed by atoms with Crippen molar-refractivity contribution in [2.45, 2.75) is 12.7 Å². The van der Waals surface area contributed by atoms with Crippen LogP contribution >= 0.6 is 0 Å². The fourth-order valence-electron chi connectivity index (χ4n) is 2.41. The predicted molar refractivity (Wildman–Crippen MR) is 101 cm³/mol. The van der Waals surface area contributed by atoms with Gasteiger partial charge >= 0.3 is 12.2 Å². The minimum absolute atomic E-state index is 0.115. The summed E-state index contributed by atoms with van der Waals surface area (Å²) in [5, 5.41) is 2.66. The number of nitrogens with one attached hydrogen (secondary N) is 1. The van der Waals surface area contributed by atoms with Crippen molar-refractivity contribution in [1.82, 2.24) is 4.90 Å². The first-order valence-electron chi connectivity index (χ1n) is 8.40. The third kappa shape index (κ3) is 6.53.